The molecule has 1 fully saturated rings. The van der Waals surface area contributed by atoms with Gasteiger partial charge in [0.1, 0.15) is 17.7 Å². The minimum absolute atomic E-state index is 0.0772. The number of likely N-dealkylation sites (tertiary alicyclic amines) is 1. The SMILES string of the molecule is OC[C@@H]1CCCCN1C[C@@H](O)COC(c1ccc(F)cc1)c1ccc(F)cc1. The summed E-state index contributed by atoms with van der Waals surface area (Å²) >= 11 is 0. The van der Waals surface area contributed by atoms with Crippen molar-refractivity contribution in [3.05, 3.63) is 71.3 Å². The molecule has 0 amide bonds. The Labute approximate surface area is 164 Å². The molecule has 0 bridgehead atoms. The van der Waals surface area contributed by atoms with Crippen LogP contribution in [0.15, 0.2) is 48.5 Å². The number of piperidine rings is 1. The second-order valence-corrected chi connectivity index (χ2v) is 7.30. The van der Waals surface area contributed by atoms with Crippen LogP contribution in [-0.4, -0.2) is 53.6 Å². The molecule has 152 valence electrons. The van der Waals surface area contributed by atoms with Crippen molar-refractivity contribution < 1.29 is 23.7 Å². The molecule has 0 saturated carbocycles. The highest BCUT2D eigenvalue weighted by Gasteiger charge is 2.24. The highest BCUT2D eigenvalue weighted by atomic mass is 19.1. The van der Waals surface area contributed by atoms with Gasteiger partial charge in [0.2, 0.25) is 0 Å². The highest BCUT2D eigenvalue weighted by Crippen LogP contribution is 2.27. The van der Waals surface area contributed by atoms with E-state index in [-0.39, 0.29) is 30.9 Å². The number of ether oxygens (including phenoxy) is 1. The third kappa shape index (κ3) is 5.58. The maximum atomic E-state index is 13.3. The summed E-state index contributed by atoms with van der Waals surface area (Å²) in [6.45, 7) is 1.43. The Morgan fingerprint density at radius 3 is 2.07 bits per heavy atom. The molecule has 3 rings (SSSR count). The number of aliphatic hydroxyl groups excluding tert-OH is 2. The molecule has 0 aliphatic carbocycles. The van der Waals surface area contributed by atoms with E-state index in [9.17, 15) is 19.0 Å². The Kier molecular flexibility index (Phi) is 7.50. The van der Waals surface area contributed by atoms with E-state index in [1.165, 1.54) is 24.3 Å². The number of rotatable bonds is 8. The molecule has 1 aliphatic heterocycles. The second-order valence-electron chi connectivity index (χ2n) is 7.30. The second kappa shape index (κ2) is 10.1. The standard InChI is InChI=1S/C22H27F2NO3/c23-18-8-4-16(5-9-18)22(17-6-10-19(24)11-7-17)28-15-21(27)13-25-12-2-1-3-20(25)14-26/h4-11,20-22,26-27H,1-3,12-15H2/t20-,21+/m0/s1. The first-order valence-electron chi connectivity index (χ1n) is 9.72. The van der Waals surface area contributed by atoms with E-state index in [2.05, 4.69) is 4.90 Å². The van der Waals surface area contributed by atoms with Crippen molar-refractivity contribution in [2.75, 3.05) is 26.3 Å². The minimum atomic E-state index is -0.726. The lowest BCUT2D eigenvalue weighted by atomic mass is 10.0. The summed E-state index contributed by atoms with van der Waals surface area (Å²) in [6, 6.07) is 12.0. The van der Waals surface area contributed by atoms with Gasteiger partial charge in [0.15, 0.2) is 0 Å². The largest absolute Gasteiger partial charge is 0.395 e. The third-order valence-corrected chi connectivity index (χ3v) is 5.21. The molecule has 2 N–H and O–H groups in total. The van der Waals surface area contributed by atoms with E-state index in [1.807, 2.05) is 0 Å². The molecule has 28 heavy (non-hydrogen) atoms. The topological polar surface area (TPSA) is 52.9 Å². The molecule has 1 saturated heterocycles. The molecule has 0 radical (unpaired) electrons. The number of hydrogen-bond acceptors (Lipinski definition) is 4. The molecule has 2 aromatic rings. The van der Waals surface area contributed by atoms with Crippen molar-refractivity contribution in [3.63, 3.8) is 0 Å². The number of aliphatic hydroxyl groups is 2. The van der Waals surface area contributed by atoms with Crippen molar-refractivity contribution >= 4 is 0 Å². The lowest BCUT2D eigenvalue weighted by molar-refractivity contribution is -0.0237. The molecule has 1 heterocycles. The van der Waals surface area contributed by atoms with Crippen LogP contribution in [0.1, 0.15) is 36.5 Å². The van der Waals surface area contributed by atoms with Crippen molar-refractivity contribution in [1.82, 2.24) is 4.90 Å². The fourth-order valence-corrected chi connectivity index (χ4v) is 3.70. The van der Waals surface area contributed by atoms with Gasteiger partial charge in [0.25, 0.3) is 0 Å². The molecule has 1 aliphatic rings. The van der Waals surface area contributed by atoms with Crippen LogP contribution in [0.4, 0.5) is 8.78 Å². The predicted octanol–water partition coefficient (Wildman–Crippen LogP) is 3.28. The number of hydrogen-bond donors (Lipinski definition) is 2. The van der Waals surface area contributed by atoms with Gasteiger partial charge in [-0.3, -0.25) is 4.90 Å². The van der Waals surface area contributed by atoms with Crippen molar-refractivity contribution in [1.29, 1.82) is 0 Å². The zero-order valence-corrected chi connectivity index (χ0v) is 15.8. The summed E-state index contributed by atoms with van der Waals surface area (Å²) in [6.07, 6.45) is 1.81. The van der Waals surface area contributed by atoms with Gasteiger partial charge in [-0.15, -0.1) is 0 Å². The first-order valence-corrected chi connectivity index (χ1v) is 9.72. The smallest absolute Gasteiger partial charge is 0.123 e. The average Bonchev–Trinajstić information content (AvgIpc) is 2.71. The average molecular weight is 391 g/mol. The number of β-amino-alcohol motifs (C(OH)–C–C–N with tert-alkyl or cyclic N) is 1. The maximum Gasteiger partial charge on any atom is 0.123 e. The van der Waals surface area contributed by atoms with Crippen LogP contribution < -0.4 is 0 Å². The predicted molar refractivity (Wildman–Crippen MR) is 103 cm³/mol. The minimum Gasteiger partial charge on any atom is -0.395 e. The summed E-state index contributed by atoms with van der Waals surface area (Å²) in [4.78, 5) is 2.10. The zero-order valence-electron chi connectivity index (χ0n) is 15.8. The van der Waals surface area contributed by atoms with Gasteiger partial charge in [-0.2, -0.15) is 0 Å². The third-order valence-electron chi connectivity index (χ3n) is 5.21. The molecular formula is C22H27F2NO3. The van der Waals surface area contributed by atoms with Gasteiger partial charge in [-0.1, -0.05) is 30.7 Å². The van der Waals surface area contributed by atoms with E-state index >= 15 is 0 Å². The van der Waals surface area contributed by atoms with Gasteiger partial charge in [-0.25, -0.2) is 8.78 Å². The van der Waals surface area contributed by atoms with Gasteiger partial charge in [0, 0.05) is 12.6 Å². The van der Waals surface area contributed by atoms with Gasteiger partial charge in [0.05, 0.1) is 19.3 Å². The van der Waals surface area contributed by atoms with Crippen LogP contribution in [0.5, 0.6) is 0 Å². The monoisotopic (exact) mass is 391 g/mol. The van der Waals surface area contributed by atoms with E-state index < -0.39 is 12.2 Å². The maximum absolute atomic E-state index is 13.3. The first kappa shape index (κ1) is 20.9. The van der Waals surface area contributed by atoms with E-state index in [1.54, 1.807) is 24.3 Å². The summed E-state index contributed by atoms with van der Waals surface area (Å²) < 4.78 is 32.6. The van der Waals surface area contributed by atoms with Crippen LogP contribution in [0.3, 0.4) is 0 Å². The van der Waals surface area contributed by atoms with Crippen LogP contribution in [0, 0.1) is 11.6 Å². The van der Waals surface area contributed by atoms with Crippen LogP contribution in [0.25, 0.3) is 0 Å². The van der Waals surface area contributed by atoms with E-state index in [0.29, 0.717) is 6.54 Å². The van der Waals surface area contributed by atoms with Gasteiger partial charge >= 0.3 is 0 Å². The van der Waals surface area contributed by atoms with Crippen LogP contribution >= 0.6 is 0 Å². The lowest BCUT2D eigenvalue weighted by Crippen LogP contribution is -2.46. The molecule has 0 unspecified atom stereocenters. The van der Waals surface area contributed by atoms with Crippen molar-refractivity contribution in [2.24, 2.45) is 0 Å². The molecule has 0 aromatic heterocycles. The Morgan fingerprint density at radius 1 is 0.964 bits per heavy atom. The van der Waals surface area contributed by atoms with E-state index in [0.717, 1.165) is 36.9 Å². The summed E-state index contributed by atoms with van der Waals surface area (Å²) in [5.74, 6) is -0.691. The quantitative estimate of drug-likeness (QED) is 0.725. The number of halogens is 2. The number of benzene rings is 2. The van der Waals surface area contributed by atoms with Crippen molar-refractivity contribution in [3.8, 4) is 0 Å². The summed E-state index contributed by atoms with van der Waals surface area (Å²) in [5.41, 5.74) is 1.46. The molecule has 2 aromatic carbocycles. The number of nitrogens with zero attached hydrogens (tertiary/aromatic N) is 1. The van der Waals surface area contributed by atoms with Crippen LogP contribution in [0.2, 0.25) is 0 Å². The Balaban J connectivity index is 1.67. The molecule has 6 heteroatoms. The fourth-order valence-electron chi connectivity index (χ4n) is 3.70. The highest BCUT2D eigenvalue weighted by molar-refractivity contribution is 5.30. The Bertz CT molecular complexity index is 678. The molecular weight excluding hydrogens is 364 g/mol. The molecule has 0 spiro atoms. The molecule has 2 atom stereocenters. The Morgan fingerprint density at radius 2 is 1.54 bits per heavy atom. The summed E-state index contributed by atoms with van der Waals surface area (Å²) in [7, 11) is 0. The van der Waals surface area contributed by atoms with Crippen molar-refractivity contribution in [2.45, 2.75) is 37.5 Å². The fraction of sp³-hybridized carbons (Fsp3) is 0.455. The lowest BCUT2D eigenvalue weighted by Gasteiger charge is -2.36. The van der Waals surface area contributed by atoms with Gasteiger partial charge in [-0.05, 0) is 54.8 Å². The van der Waals surface area contributed by atoms with E-state index in [4.69, 9.17) is 4.74 Å². The van der Waals surface area contributed by atoms with Gasteiger partial charge < -0.3 is 14.9 Å². The Hall–Kier alpha value is -1.86. The molecule has 4 nitrogen and oxygen atoms in total. The first-order chi connectivity index (χ1) is 13.6. The normalized spacial score (nSPS) is 19.1. The summed E-state index contributed by atoms with van der Waals surface area (Å²) in [5, 5.41) is 20.0. The van der Waals surface area contributed by atoms with Crippen LogP contribution in [-0.2, 0) is 4.74 Å². The zero-order chi connectivity index (χ0) is 19.9.